The lowest BCUT2D eigenvalue weighted by molar-refractivity contribution is 0.171. The van der Waals surface area contributed by atoms with E-state index in [1.807, 2.05) is 38.4 Å². The first kappa shape index (κ1) is 16.7. The zero-order valence-electron chi connectivity index (χ0n) is 14.1. The maximum Gasteiger partial charge on any atom is 0.161 e. The molecule has 0 spiro atoms. The molecule has 128 valence electrons. The Morgan fingerprint density at radius 3 is 2.62 bits per heavy atom. The van der Waals surface area contributed by atoms with Gasteiger partial charge in [0.2, 0.25) is 0 Å². The molecule has 0 saturated carbocycles. The summed E-state index contributed by atoms with van der Waals surface area (Å²) >= 11 is 0. The van der Waals surface area contributed by atoms with Gasteiger partial charge in [-0.05, 0) is 49.5 Å². The molecule has 1 N–H and O–H groups in total. The zero-order chi connectivity index (χ0) is 16.9. The Labute approximate surface area is 142 Å². The highest BCUT2D eigenvalue weighted by molar-refractivity contribution is 5.43. The SMILES string of the molecule is CN(C)[C@H](CNCc1ccc2c(c1)OCCO2)c1cccc(F)c1. The van der Waals surface area contributed by atoms with Gasteiger partial charge in [0.1, 0.15) is 19.0 Å². The molecule has 0 bridgehead atoms. The van der Waals surface area contributed by atoms with Crippen molar-refractivity contribution in [3.63, 3.8) is 0 Å². The second-order valence-electron chi connectivity index (χ2n) is 6.14. The summed E-state index contributed by atoms with van der Waals surface area (Å²) in [5.74, 6) is 1.40. The molecule has 3 rings (SSSR count). The first-order chi connectivity index (χ1) is 11.6. The average Bonchev–Trinajstić information content (AvgIpc) is 2.58. The standard InChI is InChI=1S/C19H23FN2O2/c1-22(2)17(15-4-3-5-16(20)11-15)13-21-12-14-6-7-18-19(10-14)24-9-8-23-18/h3-7,10-11,17,21H,8-9,12-13H2,1-2H3/t17-/m1/s1. The van der Waals surface area contributed by atoms with E-state index in [9.17, 15) is 4.39 Å². The molecule has 0 unspecified atom stereocenters. The van der Waals surface area contributed by atoms with Crippen LogP contribution in [0.15, 0.2) is 42.5 Å². The fourth-order valence-corrected chi connectivity index (χ4v) is 2.86. The van der Waals surface area contributed by atoms with Gasteiger partial charge in [0, 0.05) is 19.1 Å². The second kappa shape index (κ2) is 7.64. The van der Waals surface area contributed by atoms with E-state index in [0.717, 1.165) is 35.7 Å². The van der Waals surface area contributed by atoms with Crippen LogP contribution in [0.25, 0.3) is 0 Å². The van der Waals surface area contributed by atoms with Crippen molar-refractivity contribution in [2.75, 3.05) is 33.9 Å². The summed E-state index contributed by atoms with van der Waals surface area (Å²) in [6, 6.07) is 12.9. The van der Waals surface area contributed by atoms with Gasteiger partial charge in [0.25, 0.3) is 0 Å². The lowest BCUT2D eigenvalue weighted by Crippen LogP contribution is -2.31. The van der Waals surface area contributed by atoms with Gasteiger partial charge in [-0.3, -0.25) is 0 Å². The summed E-state index contributed by atoms with van der Waals surface area (Å²) in [5.41, 5.74) is 2.10. The Hall–Kier alpha value is -2.11. The molecule has 0 amide bonds. The third kappa shape index (κ3) is 4.04. The number of likely N-dealkylation sites (N-methyl/N-ethyl adjacent to an activating group) is 1. The van der Waals surface area contributed by atoms with Crippen molar-refractivity contribution in [3.8, 4) is 11.5 Å². The van der Waals surface area contributed by atoms with Crippen molar-refractivity contribution < 1.29 is 13.9 Å². The van der Waals surface area contributed by atoms with Crippen molar-refractivity contribution >= 4 is 0 Å². The smallest absolute Gasteiger partial charge is 0.161 e. The fourth-order valence-electron chi connectivity index (χ4n) is 2.86. The molecule has 24 heavy (non-hydrogen) atoms. The molecule has 2 aromatic rings. The van der Waals surface area contributed by atoms with Gasteiger partial charge in [-0.1, -0.05) is 18.2 Å². The van der Waals surface area contributed by atoms with E-state index in [2.05, 4.69) is 10.2 Å². The van der Waals surface area contributed by atoms with Crippen LogP contribution in [0, 0.1) is 5.82 Å². The number of rotatable bonds is 6. The Kier molecular flexibility index (Phi) is 5.33. The molecule has 0 radical (unpaired) electrons. The molecule has 1 aliphatic rings. The maximum absolute atomic E-state index is 13.5. The quantitative estimate of drug-likeness (QED) is 0.883. The van der Waals surface area contributed by atoms with Gasteiger partial charge in [-0.2, -0.15) is 0 Å². The Bertz CT molecular complexity index is 691. The van der Waals surface area contributed by atoms with Crippen LogP contribution in [0.5, 0.6) is 11.5 Å². The topological polar surface area (TPSA) is 33.7 Å². The predicted molar refractivity (Wildman–Crippen MR) is 92.0 cm³/mol. The van der Waals surface area contributed by atoms with Crippen LogP contribution in [0.4, 0.5) is 4.39 Å². The van der Waals surface area contributed by atoms with E-state index < -0.39 is 0 Å². The predicted octanol–water partition coefficient (Wildman–Crippen LogP) is 2.99. The molecule has 0 fully saturated rings. The fraction of sp³-hybridized carbons (Fsp3) is 0.368. The normalized spacial score (nSPS) is 14.7. The Morgan fingerprint density at radius 1 is 1.08 bits per heavy atom. The number of hydrogen-bond acceptors (Lipinski definition) is 4. The number of fused-ring (bicyclic) bond motifs is 1. The lowest BCUT2D eigenvalue weighted by Gasteiger charge is -2.25. The highest BCUT2D eigenvalue weighted by atomic mass is 19.1. The largest absolute Gasteiger partial charge is 0.486 e. The number of nitrogens with zero attached hydrogens (tertiary/aromatic N) is 1. The first-order valence-electron chi connectivity index (χ1n) is 8.14. The number of nitrogens with one attached hydrogen (secondary N) is 1. The van der Waals surface area contributed by atoms with Gasteiger partial charge in [-0.15, -0.1) is 0 Å². The minimum Gasteiger partial charge on any atom is -0.486 e. The number of hydrogen-bond donors (Lipinski definition) is 1. The number of benzene rings is 2. The van der Waals surface area contributed by atoms with Crippen LogP contribution in [0.1, 0.15) is 17.2 Å². The molecule has 5 heteroatoms. The van der Waals surface area contributed by atoms with Gasteiger partial charge >= 0.3 is 0 Å². The van der Waals surface area contributed by atoms with E-state index in [1.165, 1.54) is 6.07 Å². The maximum atomic E-state index is 13.5. The molecule has 1 aliphatic heterocycles. The first-order valence-corrected chi connectivity index (χ1v) is 8.14. The van der Waals surface area contributed by atoms with Gasteiger partial charge in [0.15, 0.2) is 11.5 Å². The van der Waals surface area contributed by atoms with E-state index in [0.29, 0.717) is 13.2 Å². The number of halogens is 1. The molecular weight excluding hydrogens is 307 g/mol. The summed E-state index contributed by atoms with van der Waals surface area (Å²) in [7, 11) is 4.00. The molecule has 1 atom stereocenters. The summed E-state index contributed by atoms with van der Waals surface area (Å²) in [4.78, 5) is 2.09. The monoisotopic (exact) mass is 330 g/mol. The van der Waals surface area contributed by atoms with Crippen LogP contribution < -0.4 is 14.8 Å². The second-order valence-corrected chi connectivity index (χ2v) is 6.14. The summed E-state index contributed by atoms with van der Waals surface area (Å²) in [6.45, 7) is 2.64. The highest BCUT2D eigenvalue weighted by Crippen LogP contribution is 2.30. The van der Waals surface area contributed by atoms with Crippen LogP contribution >= 0.6 is 0 Å². The zero-order valence-corrected chi connectivity index (χ0v) is 14.1. The van der Waals surface area contributed by atoms with Crippen molar-refractivity contribution in [2.45, 2.75) is 12.6 Å². The van der Waals surface area contributed by atoms with E-state index in [-0.39, 0.29) is 11.9 Å². The van der Waals surface area contributed by atoms with Crippen LogP contribution in [-0.2, 0) is 6.54 Å². The molecule has 0 aromatic heterocycles. The summed E-state index contributed by atoms with van der Waals surface area (Å²) in [5, 5.41) is 3.45. The van der Waals surface area contributed by atoms with Crippen LogP contribution in [-0.4, -0.2) is 38.8 Å². The number of ether oxygens (including phenoxy) is 2. The Balaban J connectivity index is 1.61. The molecule has 0 aliphatic carbocycles. The average molecular weight is 330 g/mol. The van der Waals surface area contributed by atoms with Crippen molar-refractivity contribution in [2.24, 2.45) is 0 Å². The minimum atomic E-state index is -0.203. The Morgan fingerprint density at radius 2 is 1.88 bits per heavy atom. The summed E-state index contributed by atoms with van der Waals surface area (Å²) < 4.78 is 24.6. The van der Waals surface area contributed by atoms with Gasteiger partial charge in [0.05, 0.1) is 0 Å². The lowest BCUT2D eigenvalue weighted by atomic mass is 10.1. The van der Waals surface area contributed by atoms with Crippen molar-refractivity contribution in [3.05, 3.63) is 59.4 Å². The summed E-state index contributed by atoms with van der Waals surface area (Å²) in [6.07, 6.45) is 0. The third-order valence-corrected chi connectivity index (χ3v) is 4.13. The van der Waals surface area contributed by atoms with Gasteiger partial charge in [-0.25, -0.2) is 4.39 Å². The highest BCUT2D eigenvalue weighted by Gasteiger charge is 2.15. The van der Waals surface area contributed by atoms with Gasteiger partial charge < -0.3 is 19.7 Å². The van der Waals surface area contributed by atoms with Crippen LogP contribution in [0.2, 0.25) is 0 Å². The minimum absolute atomic E-state index is 0.109. The van der Waals surface area contributed by atoms with Crippen molar-refractivity contribution in [1.29, 1.82) is 0 Å². The third-order valence-electron chi connectivity index (χ3n) is 4.13. The molecular formula is C19H23FN2O2. The van der Waals surface area contributed by atoms with Crippen molar-refractivity contribution in [1.82, 2.24) is 10.2 Å². The van der Waals surface area contributed by atoms with E-state index in [1.54, 1.807) is 12.1 Å². The van der Waals surface area contributed by atoms with Crippen LogP contribution in [0.3, 0.4) is 0 Å². The molecule has 2 aromatic carbocycles. The van der Waals surface area contributed by atoms with E-state index in [4.69, 9.17) is 9.47 Å². The van der Waals surface area contributed by atoms with E-state index >= 15 is 0 Å². The molecule has 1 heterocycles. The molecule has 4 nitrogen and oxygen atoms in total. The molecule has 0 saturated heterocycles.